The van der Waals surface area contributed by atoms with Crippen molar-refractivity contribution in [3.63, 3.8) is 0 Å². The maximum Gasteiger partial charge on any atom is 0.323 e. The first kappa shape index (κ1) is 40.0. The number of methoxy groups -OCH3 is 1. The monoisotopic (exact) mass is 769 g/mol. The van der Waals surface area contributed by atoms with Crippen molar-refractivity contribution in [2.45, 2.75) is 57.3 Å². The Bertz CT molecular complexity index is 1990. The maximum atomic E-state index is 11.5. The van der Waals surface area contributed by atoms with E-state index in [4.69, 9.17) is 27.9 Å². The number of carbonyl (C=O) groups is 2. The molecule has 0 saturated carbocycles. The molecule has 1 aliphatic rings. The van der Waals surface area contributed by atoms with E-state index in [1.807, 2.05) is 36.4 Å². The number of halogens is 2. The van der Waals surface area contributed by atoms with Gasteiger partial charge in [0, 0.05) is 46.3 Å². The van der Waals surface area contributed by atoms with Gasteiger partial charge in [-0.3, -0.25) is 14.9 Å². The average molecular weight is 771 g/mol. The molecule has 0 aliphatic carbocycles. The lowest BCUT2D eigenvalue weighted by molar-refractivity contribution is -0.140. The van der Waals surface area contributed by atoms with E-state index < -0.39 is 18.6 Å². The summed E-state index contributed by atoms with van der Waals surface area (Å²) in [6.07, 6.45) is 4.53. The number of rotatable bonds is 14. The fourth-order valence-corrected chi connectivity index (χ4v) is 6.88. The smallest absolute Gasteiger partial charge is 0.323 e. The summed E-state index contributed by atoms with van der Waals surface area (Å²) in [7, 11) is 1.53. The highest BCUT2D eigenvalue weighted by molar-refractivity contribution is 7.59. The highest BCUT2D eigenvalue weighted by Gasteiger charge is 2.21. The van der Waals surface area contributed by atoms with E-state index in [1.165, 1.54) is 12.7 Å². The van der Waals surface area contributed by atoms with Gasteiger partial charge in [0.1, 0.15) is 17.3 Å². The molecule has 4 aromatic carbocycles. The van der Waals surface area contributed by atoms with Crippen molar-refractivity contribution in [2.24, 2.45) is 0 Å². The minimum Gasteiger partial charge on any atom is -0.496 e. The molecule has 6 rings (SSSR count). The van der Waals surface area contributed by atoms with Gasteiger partial charge in [-0.1, -0.05) is 83.0 Å². The Morgan fingerprint density at radius 3 is 2.45 bits per heavy atom. The number of fused-ring (bicyclic) bond motifs is 1. The second-order valence-corrected chi connectivity index (χ2v) is 13.0. The average Bonchev–Trinajstić information content (AvgIpc) is 3.72. The second kappa shape index (κ2) is 18.1. The minimum absolute atomic E-state index is 0. The SMILES string of the molecule is COc1cc(Cn2nnc3c(-c4cccc(-c5ccc(CCC[C@@H]6CCC(=O)N6)cc5)c4Cl)cccc32)c(Cl)cc1CN[C@@H](CO)C(=O)O.S.S. The molecule has 1 saturated heterocycles. The number of carbonyl (C=O) groups excluding carboxylic acids is 1. The molecule has 270 valence electrons. The van der Waals surface area contributed by atoms with Crippen LogP contribution in [0.25, 0.3) is 33.3 Å². The number of aliphatic hydroxyl groups excluding tert-OH is 1. The summed E-state index contributed by atoms with van der Waals surface area (Å²) < 4.78 is 7.34. The predicted octanol–water partition coefficient (Wildman–Crippen LogP) is 6.49. The van der Waals surface area contributed by atoms with Gasteiger partial charge in [-0.2, -0.15) is 27.0 Å². The molecule has 14 heteroatoms. The lowest BCUT2D eigenvalue weighted by Gasteiger charge is -2.16. The zero-order chi connectivity index (χ0) is 34.5. The largest absolute Gasteiger partial charge is 0.496 e. The molecule has 1 amide bonds. The van der Waals surface area contributed by atoms with E-state index in [0.717, 1.165) is 59.0 Å². The highest BCUT2D eigenvalue weighted by Crippen LogP contribution is 2.39. The van der Waals surface area contributed by atoms with Crippen LogP contribution in [0.1, 0.15) is 42.4 Å². The van der Waals surface area contributed by atoms with Crippen LogP contribution in [0.15, 0.2) is 72.8 Å². The standard InChI is InChI=1S/C37H37Cl2N5O5.2H2S/c1-49-33-18-25(30(38)17-24(33)19-40-31(21-45)37(47)48)20-44-32-10-4-9-29(36(32)42-43-44)28-8-3-7-27(35(28)39)23-13-11-22(12-14-23)5-2-6-26-15-16-34(46)41-26;;/h3-4,7-14,17-18,26,31,40,45H,2,5-6,15-16,19-21H2,1H3,(H,41,46)(H,47,48);2*1H2/t26-,31+;;/m1../s1. The first-order valence-corrected chi connectivity index (χ1v) is 16.9. The minimum atomic E-state index is -1.15. The van der Waals surface area contributed by atoms with Gasteiger partial charge in [-0.05, 0) is 60.6 Å². The second-order valence-electron chi connectivity index (χ2n) is 12.2. The van der Waals surface area contributed by atoms with E-state index in [9.17, 15) is 19.8 Å². The van der Waals surface area contributed by atoms with Gasteiger partial charge in [-0.15, -0.1) is 5.10 Å². The molecule has 51 heavy (non-hydrogen) atoms. The number of benzene rings is 4. The van der Waals surface area contributed by atoms with Crippen LogP contribution in [0.3, 0.4) is 0 Å². The molecule has 4 N–H and O–H groups in total. The van der Waals surface area contributed by atoms with E-state index >= 15 is 0 Å². The number of aromatic nitrogens is 3. The Labute approximate surface area is 320 Å². The summed E-state index contributed by atoms with van der Waals surface area (Å²) in [4.78, 5) is 22.8. The van der Waals surface area contributed by atoms with Crippen LogP contribution >= 0.6 is 50.2 Å². The lowest BCUT2D eigenvalue weighted by atomic mass is 9.96. The molecule has 0 spiro atoms. The van der Waals surface area contributed by atoms with Crippen molar-refractivity contribution < 1.29 is 24.5 Å². The Balaban J connectivity index is 0.00000292. The molecule has 0 unspecified atom stereocenters. The summed E-state index contributed by atoms with van der Waals surface area (Å²) in [5.41, 5.74) is 7.78. The Morgan fingerprint density at radius 1 is 1.04 bits per heavy atom. The Kier molecular flexibility index (Phi) is 14.2. The van der Waals surface area contributed by atoms with E-state index in [2.05, 4.69) is 45.2 Å². The van der Waals surface area contributed by atoms with Gasteiger partial charge in [0.25, 0.3) is 0 Å². The van der Waals surface area contributed by atoms with E-state index in [-0.39, 0.29) is 39.4 Å². The number of aryl methyl sites for hydroxylation is 1. The summed E-state index contributed by atoms with van der Waals surface area (Å²) in [5, 5.41) is 34.5. The number of carboxylic acids is 1. The molecule has 2 heterocycles. The number of aliphatic carboxylic acids is 1. The number of carboxylic acid groups (broad SMARTS) is 1. The molecule has 10 nitrogen and oxygen atoms in total. The summed E-state index contributed by atoms with van der Waals surface area (Å²) in [6.45, 7) is -0.0897. The van der Waals surface area contributed by atoms with Crippen molar-refractivity contribution in [3.8, 4) is 28.0 Å². The zero-order valence-electron chi connectivity index (χ0n) is 28.0. The number of nitrogens with one attached hydrogen (secondary N) is 2. The zero-order valence-corrected chi connectivity index (χ0v) is 31.5. The fourth-order valence-electron chi connectivity index (χ4n) is 6.30. The predicted molar refractivity (Wildman–Crippen MR) is 211 cm³/mol. The van der Waals surface area contributed by atoms with Crippen LogP contribution in [0.5, 0.6) is 5.75 Å². The van der Waals surface area contributed by atoms with Gasteiger partial charge >= 0.3 is 5.97 Å². The van der Waals surface area contributed by atoms with E-state index in [0.29, 0.717) is 45.9 Å². The molecule has 1 aromatic heterocycles. The number of hydrogen-bond acceptors (Lipinski definition) is 7. The molecular formula is C37H41Cl2N5O5S2. The number of ether oxygens (including phenoxy) is 1. The molecule has 1 aliphatic heterocycles. The fraction of sp³-hybridized carbons (Fsp3) is 0.297. The normalized spacial score (nSPS) is 14.4. The third-order valence-electron chi connectivity index (χ3n) is 8.99. The lowest BCUT2D eigenvalue weighted by Crippen LogP contribution is -2.39. The van der Waals surface area contributed by atoms with Crippen molar-refractivity contribution >= 4 is 73.1 Å². The molecule has 0 radical (unpaired) electrons. The van der Waals surface area contributed by atoms with Crippen molar-refractivity contribution in [1.82, 2.24) is 25.6 Å². The summed E-state index contributed by atoms with van der Waals surface area (Å²) in [6, 6.07) is 23.1. The topological polar surface area (TPSA) is 139 Å². The van der Waals surface area contributed by atoms with Crippen LogP contribution in [-0.2, 0) is 29.1 Å². The molecule has 2 atom stereocenters. The number of aliphatic hydroxyl groups is 1. The first-order chi connectivity index (χ1) is 23.7. The van der Waals surface area contributed by atoms with Gasteiger partial charge in [0.2, 0.25) is 5.91 Å². The Hall–Kier alpha value is -3.78. The first-order valence-electron chi connectivity index (χ1n) is 16.2. The number of amides is 1. The van der Waals surface area contributed by atoms with Gasteiger partial charge in [-0.25, -0.2) is 4.68 Å². The molecule has 0 bridgehead atoms. The van der Waals surface area contributed by atoms with Crippen molar-refractivity contribution in [2.75, 3.05) is 13.7 Å². The third-order valence-corrected chi connectivity index (χ3v) is 9.75. The third kappa shape index (κ3) is 9.18. The summed E-state index contributed by atoms with van der Waals surface area (Å²) in [5.74, 6) is -0.467. The summed E-state index contributed by atoms with van der Waals surface area (Å²) >= 11 is 13.8. The van der Waals surface area contributed by atoms with Crippen molar-refractivity contribution in [3.05, 3.63) is 99.5 Å². The maximum absolute atomic E-state index is 11.5. The van der Waals surface area contributed by atoms with Crippen LogP contribution in [0.2, 0.25) is 10.0 Å². The molecule has 1 fully saturated rings. The number of hydrogen-bond donors (Lipinski definition) is 4. The number of nitrogens with zero attached hydrogens (tertiary/aromatic N) is 3. The van der Waals surface area contributed by atoms with Gasteiger partial charge < -0.3 is 20.3 Å². The van der Waals surface area contributed by atoms with Crippen molar-refractivity contribution in [1.29, 1.82) is 0 Å². The van der Waals surface area contributed by atoms with Crippen LogP contribution in [-0.4, -0.2) is 62.9 Å². The van der Waals surface area contributed by atoms with Gasteiger partial charge in [0.05, 0.1) is 30.8 Å². The van der Waals surface area contributed by atoms with E-state index in [1.54, 1.807) is 16.8 Å². The Morgan fingerprint density at radius 2 is 1.76 bits per heavy atom. The quantitative estimate of drug-likeness (QED) is 0.101. The molecule has 5 aromatic rings. The highest BCUT2D eigenvalue weighted by atomic mass is 35.5. The van der Waals surface area contributed by atoms with Crippen LogP contribution in [0, 0.1) is 0 Å². The van der Waals surface area contributed by atoms with Crippen LogP contribution < -0.4 is 15.4 Å². The molecular weight excluding hydrogens is 729 g/mol. The van der Waals surface area contributed by atoms with Gasteiger partial charge in [0.15, 0.2) is 0 Å². The van der Waals surface area contributed by atoms with Crippen LogP contribution in [0.4, 0.5) is 0 Å².